The molecule has 2 saturated heterocycles. The van der Waals surface area contributed by atoms with Crippen LogP contribution in [0, 0.1) is 18.8 Å². The number of hydrogen-bond donors (Lipinski definition) is 1. The number of hydrogen-bond acceptors (Lipinski definition) is 3. The van der Waals surface area contributed by atoms with Crippen LogP contribution in [0.3, 0.4) is 0 Å². The summed E-state index contributed by atoms with van der Waals surface area (Å²) in [6, 6.07) is 12.6. The van der Waals surface area contributed by atoms with Crippen LogP contribution in [-0.4, -0.2) is 42.3 Å². The molecule has 6 nitrogen and oxygen atoms in total. The summed E-state index contributed by atoms with van der Waals surface area (Å²) < 4.78 is 0. The van der Waals surface area contributed by atoms with Gasteiger partial charge in [0.05, 0.1) is 0 Å². The molecule has 0 bridgehead atoms. The molecule has 2 fully saturated rings. The molecule has 4 rings (SSSR count). The van der Waals surface area contributed by atoms with Crippen LogP contribution < -0.4 is 10.2 Å². The number of nitrogens with zero attached hydrogens (tertiary/aromatic N) is 2. The van der Waals surface area contributed by atoms with Crippen molar-refractivity contribution in [3.8, 4) is 0 Å². The fourth-order valence-corrected chi connectivity index (χ4v) is 4.81. The third-order valence-corrected chi connectivity index (χ3v) is 6.40. The lowest BCUT2D eigenvalue weighted by Gasteiger charge is -2.35. The second-order valence-electron chi connectivity index (χ2n) is 9.34. The standard InChI is InChI=1S/C26H31N3O3/c1-17-13-18(2)16-28(15-17)26(32)21-7-6-19(3)23(14-21)27-25(31)20-8-10-22(11-9-20)29-12-4-5-24(29)30/h6-11,14,17-18H,4-5,12-13,15-16H2,1-3H3,(H,27,31). The number of benzene rings is 2. The number of nitrogens with one attached hydrogen (secondary N) is 1. The smallest absolute Gasteiger partial charge is 0.255 e. The summed E-state index contributed by atoms with van der Waals surface area (Å²) in [5.41, 5.74) is 3.45. The van der Waals surface area contributed by atoms with Gasteiger partial charge in [-0.15, -0.1) is 0 Å². The Balaban J connectivity index is 1.47. The number of anilines is 2. The SMILES string of the molecule is Cc1ccc(C(=O)N2CC(C)CC(C)C2)cc1NC(=O)c1ccc(N2CCCC2=O)cc1. The van der Waals surface area contributed by atoms with E-state index in [9.17, 15) is 14.4 Å². The Morgan fingerprint density at radius 2 is 1.62 bits per heavy atom. The van der Waals surface area contributed by atoms with E-state index in [0.29, 0.717) is 35.1 Å². The lowest BCUT2D eigenvalue weighted by molar-refractivity contribution is -0.117. The molecular weight excluding hydrogens is 402 g/mol. The van der Waals surface area contributed by atoms with Crippen molar-refractivity contribution >= 4 is 29.1 Å². The second kappa shape index (κ2) is 9.15. The quantitative estimate of drug-likeness (QED) is 0.772. The van der Waals surface area contributed by atoms with Crippen molar-refractivity contribution in [3.05, 3.63) is 59.2 Å². The Labute approximate surface area is 189 Å². The van der Waals surface area contributed by atoms with Gasteiger partial charge in [0.15, 0.2) is 0 Å². The molecule has 2 atom stereocenters. The minimum atomic E-state index is -0.239. The van der Waals surface area contributed by atoms with Crippen molar-refractivity contribution in [2.45, 2.75) is 40.0 Å². The lowest BCUT2D eigenvalue weighted by Crippen LogP contribution is -2.42. The fourth-order valence-electron chi connectivity index (χ4n) is 4.81. The molecule has 0 aliphatic carbocycles. The summed E-state index contributed by atoms with van der Waals surface area (Å²) in [5.74, 6) is 0.879. The zero-order valence-electron chi connectivity index (χ0n) is 19.1. The Hall–Kier alpha value is -3.15. The van der Waals surface area contributed by atoms with Crippen molar-refractivity contribution in [3.63, 3.8) is 0 Å². The molecule has 168 valence electrons. The largest absolute Gasteiger partial charge is 0.338 e. The maximum absolute atomic E-state index is 13.1. The van der Waals surface area contributed by atoms with Crippen LogP contribution in [0.2, 0.25) is 0 Å². The third kappa shape index (κ3) is 4.69. The number of piperidine rings is 1. The van der Waals surface area contributed by atoms with E-state index in [1.54, 1.807) is 23.1 Å². The summed E-state index contributed by atoms with van der Waals surface area (Å²) in [7, 11) is 0. The fraction of sp³-hybridized carbons (Fsp3) is 0.423. The maximum Gasteiger partial charge on any atom is 0.255 e. The molecule has 6 heteroatoms. The van der Waals surface area contributed by atoms with Gasteiger partial charge in [-0.25, -0.2) is 0 Å². The van der Waals surface area contributed by atoms with E-state index in [0.717, 1.165) is 43.7 Å². The summed E-state index contributed by atoms with van der Waals surface area (Å²) in [5, 5.41) is 2.95. The van der Waals surface area contributed by atoms with Gasteiger partial charge in [-0.1, -0.05) is 19.9 Å². The lowest BCUT2D eigenvalue weighted by atomic mass is 9.91. The monoisotopic (exact) mass is 433 g/mol. The van der Waals surface area contributed by atoms with Crippen LogP contribution >= 0.6 is 0 Å². The van der Waals surface area contributed by atoms with E-state index < -0.39 is 0 Å². The molecule has 2 aliphatic heterocycles. The third-order valence-electron chi connectivity index (χ3n) is 6.40. The van der Waals surface area contributed by atoms with Gasteiger partial charge in [0.1, 0.15) is 0 Å². The van der Waals surface area contributed by atoms with Crippen molar-refractivity contribution in [2.24, 2.45) is 11.8 Å². The molecule has 0 saturated carbocycles. The second-order valence-corrected chi connectivity index (χ2v) is 9.34. The molecule has 1 N–H and O–H groups in total. The molecule has 2 heterocycles. The van der Waals surface area contributed by atoms with Crippen LogP contribution in [0.15, 0.2) is 42.5 Å². The normalized spacial score (nSPS) is 21.0. The van der Waals surface area contributed by atoms with E-state index in [1.807, 2.05) is 36.1 Å². The van der Waals surface area contributed by atoms with E-state index in [-0.39, 0.29) is 17.7 Å². The van der Waals surface area contributed by atoms with Gasteiger partial charge in [-0.3, -0.25) is 14.4 Å². The van der Waals surface area contributed by atoms with Crippen molar-refractivity contribution < 1.29 is 14.4 Å². The summed E-state index contributed by atoms with van der Waals surface area (Å²) in [6.45, 7) is 8.54. The van der Waals surface area contributed by atoms with Crippen LogP contribution in [-0.2, 0) is 4.79 Å². The number of likely N-dealkylation sites (tertiary alicyclic amines) is 1. The molecule has 2 aromatic carbocycles. The average molecular weight is 434 g/mol. The van der Waals surface area contributed by atoms with Crippen molar-refractivity contribution in [2.75, 3.05) is 29.9 Å². The van der Waals surface area contributed by atoms with E-state index in [2.05, 4.69) is 19.2 Å². The van der Waals surface area contributed by atoms with Crippen molar-refractivity contribution in [1.29, 1.82) is 0 Å². The zero-order valence-corrected chi connectivity index (χ0v) is 19.1. The van der Waals surface area contributed by atoms with Gasteiger partial charge in [0, 0.05) is 48.6 Å². The molecule has 32 heavy (non-hydrogen) atoms. The van der Waals surface area contributed by atoms with Gasteiger partial charge in [0.2, 0.25) is 5.91 Å². The number of rotatable bonds is 4. The first-order chi connectivity index (χ1) is 15.3. The van der Waals surface area contributed by atoms with Gasteiger partial charge < -0.3 is 15.1 Å². The zero-order chi connectivity index (χ0) is 22.8. The Kier molecular flexibility index (Phi) is 6.31. The van der Waals surface area contributed by atoms with Gasteiger partial charge in [-0.05, 0) is 73.6 Å². The Morgan fingerprint density at radius 3 is 2.25 bits per heavy atom. The highest BCUT2D eigenvalue weighted by Gasteiger charge is 2.26. The summed E-state index contributed by atoms with van der Waals surface area (Å²) in [6.07, 6.45) is 2.58. The van der Waals surface area contributed by atoms with Crippen LogP contribution in [0.4, 0.5) is 11.4 Å². The molecule has 3 amide bonds. The number of carbonyl (C=O) groups is 3. The molecular formula is C26H31N3O3. The van der Waals surface area contributed by atoms with Gasteiger partial charge in [-0.2, -0.15) is 0 Å². The van der Waals surface area contributed by atoms with Crippen molar-refractivity contribution in [1.82, 2.24) is 4.90 Å². The Bertz CT molecular complexity index is 1020. The number of carbonyl (C=O) groups excluding carboxylic acids is 3. The minimum Gasteiger partial charge on any atom is -0.338 e. The highest BCUT2D eigenvalue weighted by Crippen LogP contribution is 2.25. The number of aryl methyl sites for hydroxylation is 1. The highest BCUT2D eigenvalue weighted by molar-refractivity contribution is 6.06. The first-order valence-electron chi connectivity index (χ1n) is 11.4. The van der Waals surface area contributed by atoms with E-state index >= 15 is 0 Å². The molecule has 2 aromatic rings. The summed E-state index contributed by atoms with van der Waals surface area (Å²) in [4.78, 5) is 41.5. The van der Waals surface area contributed by atoms with E-state index in [1.165, 1.54) is 0 Å². The van der Waals surface area contributed by atoms with Crippen LogP contribution in [0.5, 0.6) is 0 Å². The Morgan fingerprint density at radius 1 is 0.969 bits per heavy atom. The van der Waals surface area contributed by atoms with E-state index in [4.69, 9.17) is 0 Å². The molecule has 2 unspecified atom stereocenters. The molecule has 0 radical (unpaired) electrons. The predicted octanol–water partition coefficient (Wildman–Crippen LogP) is 4.49. The minimum absolute atomic E-state index is 0.0125. The summed E-state index contributed by atoms with van der Waals surface area (Å²) >= 11 is 0. The van der Waals surface area contributed by atoms with Crippen LogP contribution in [0.1, 0.15) is 59.4 Å². The molecule has 0 spiro atoms. The highest BCUT2D eigenvalue weighted by atomic mass is 16.2. The first-order valence-corrected chi connectivity index (χ1v) is 11.4. The first kappa shape index (κ1) is 22.1. The maximum atomic E-state index is 13.1. The van der Waals surface area contributed by atoms with Crippen LogP contribution in [0.25, 0.3) is 0 Å². The van der Waals surface area contributed by atoms with Gasteiger partial charge in [0.25, 0.3) is 11.8 Å². The molecule has 0 aromatic heterocycles. The van der Waals surface area contributed by atoms with Gasteiger partial charge >= 0.3 is 0 Å². The molecule has 2 aliphatic rings. The topological polar surface area (TPSA) is 69.7 Å². The predicted molar refractivity (Wildman–Crippen MR) is 126 cm³/mol. The average Bonchev–Trinajstić information content (AvgIpc) is 3.20. The number of amides is 3.